The summed E-state index contributed by atoms with van der Waals surface area (Å²) in [6.07, 6.45) is 3.65. The Bertz CT molecular complexity index is 1440. The minimum Gasteiger partial charge on any atom is -0.354 e. The lowest BCUT2D eigenvalue weighted by molar-refractivity contribution is -0.133. The summed E-state index contributed by atoms with van der Waals surface area (Å²) in [7, 11) is 0. The SMILES string of the molecule is NCCCC[C@@H]1N[C@@H](CNC(=O)Cc2ccc3ccccc3c2)CCN(Cc2ccc3ccccc3c2)C1=O. The number of benzene rings is 4. The third-order valence-corrected chi connectivity index (χ3v) is 7.65. The fourth-order valence-electron chi connectivity index (χ4n) is 5.49. The maximum Gasteiger partial charge on any atom is 0.240 e. The van der Waals surface area contributed by atoms with Crippen molar-refractivity contribution in [3.8, 4) is 0 Å². The van der Waals surface area contributed by atoms with Gasteiger partial charge in [0.15, 0.2) is 0 Å². The molecule has 6 nitrogen and oxygen atoms in total. The van der Waals surface area contributed by atoms with E-state index in [4.69, 9.17) is 5.73 Å². The lowest BCUT2D eigenvalue weighted by atomic mass is 10.0. The zero-order valence-corrected chi connectivity index (χ0v) is 22.4. The monoisotopic (exact) mass is 522 g/mol. The number of fused-ring (bicyclic) bond motifs is 2. The molecule has 0 radical (unpaired) electrons. The predicted octanol–water partition coefficient (Wildman–Crippen LogP) is 4.54. The van der Waals surface area contributed by atoms with E-state index in [0.717, 1.165) is 42.2 Å². The van der Waals surface area contributed by atoms with Crippen LogP contribution in [0.5, 0.6) is 0 Å². The van der Waals surface area contributed by atoms with E-state index in [1.54, 1.807) is 0 Å². The number of hydrogen-bond donors (Lipinski definition) is 3. The Labute approximate surface area is 230 Å². The molecule has 1 aliphatic rings. The third-order valence-electron chi connectivity index (χ3n) is 7.65. The minimum absolute atomic E-state index is 0.00430. The summed E-state index contributed by atoms with van der Waals surface area (Å²) < 4.78 is 0. The number of amides is 2. The smallest absolute Gasteiger partial charge is 0.240 e. The van der Waals surface area contributed by atoms with Gasteiger partial charge in [0.25, 0.3) is 0 Å². The van der Waals surface area contributed by atoms with Gasteiger partial charge < -0.3 is 21.3 Å². The number of nitrogens with one attached hydrogen (secondary N) is 2. The van der Waals surface area contributed by atoms with Crippen LogP contribution in [-0.2, 0) is 22.6 Å². The van der Waals surface area contributed by atoms with Crippen molar-refractivity contribution in [3.05, 3.63) is 96.1 Å². The van der Waals surface area contributed by atoms with Gasteiger partial charge in [-0.25, -0.2) is 0 Å². The van der Waals surface area contributed by atoms with Crippen LogP contribution in [0.3, 0.4) is 0 Å². The van der Waals surface area contributed by atoms with Crippen molar-refractivity contribution in [2.45, 2.75) is 50.7 Å². The van der Waals surface area contributed by atoms with Crippen LogP contribution >= 0.6 is 0 Å². The Kier molecular flexibility index (Phi) is 8.86. The van der Waals surface area contributed by atoms with Crippen molar-refractivity contribution >= 4 is 33.4 Å². The van der Waals surface area contributed by atoms with Crippen LogP contribution in [0.2, 0.25) is 0 Å². The molecule has 1 saturated heterocycles. The summed E-state index contributed by atoms with van der Waals surface area (Å²) in [6.45, 7) is 2.35. The summed E-state index contributed by atoms with van der Waals surface area (Å²) in [6, 6.07) is 28.8. The highest BCUT2D eigenvalue weighted by Crippen LogP contribution is 2.20. The molecule has 0 bridgehead atoms. The van der Waals surface area contributed by atoms with Crippen LogP contribution in [-0.4, -0.2) is 48.4 Å². The molecule has 0 saturated carbocycles. The molecule has 0 unspecified atom stereocenters. The summed E-state index contributed by atoms with van der Waals surface area (Å²) in [5, 5.41) is 11.4. The summed E-state index contributed by atoms with van der Waals surface area (Å²) >= 11 is 0. The fourth-order valence-corrected chi connectivity index (χ4v) is 5.49. The van der Waals surface area contributed by atoms with E-state index in [1.165, 1.54) is 16.2 Å². The fraction of sp³-hybridized carbons (Fsp3) is 0.333. The normalized spacial score (nSPS) is 17.9. The quantitative estimate of drug-likeness (QED) is 0.267. The number of nitrogens with zero attached hydrogens (tertiary/aromatic N) is 1. The topological polar surface area (TPSA) is 87.5 Å². The molecule has 5 rings (SSSR count). The number of carbonyl (C=O) groups is 2. The predicted molar refractivity (Wildman–Crippen MR) is 158 cm³/mol. The average Bonchev–Trinajstić information content (AvgIpc) is 3.10. The lowest BCUT2D eigenvalue weighted by Crippen LogP contribution is -2.48. The van der Waals surface area contributed by atoms with E-state index in [9.17, 15) is 9.59 Å². The Balaban J connectivity index is 1.22. The van der Waals surface area contributed by atoms with E-state index in [1.807, 2.05) is 35.2 Å². The van der Waals surface area contributed by atoms with Crippen LogP contribution < -0.4 is 16.4 Å². The number of nitrogens with two attached hydrogens (primary N) is 1. The molecule has 4 aromatic carbocycles. The third kappa shape index (κ3) is 7.02. The molecule has 6 heteroatoms. The molecule has 2 atom stereocenters. The summed E-state index contributed by atoms with van der Waals surface area (Å²) in [4.78, 5) is 28.4. The molecule has 202 valence electrons. The maximum absolute atomic E-state index is 13.6. The second-order valence-corrected chi connectivity index (χ2v) is 10.6. The second kappa shape index (κ2) is 12.9. The first-order valence-corrected chi connectivity index (χ1v) is 14.1. The zero-order valence-electron chi connectivity index (χ0n) is 22.4. The average molecular weight is 523 g/mol. The highest BCUT2D eigenvalue weighted by Gasteiger charge is 2.30. The molecule has 0 aliphatic carbocycles. The van der Waals surface area contributed by atoms with Crippen molar-refractivity contribution < 1.29 is 9.59 Å². The van der Waals surface area contributed by atoms with Crippen LogP contribution in [0.25, 0.3) is 21.5 Å². The summed E-state index contributed by atoms with van der Waals surface area (Å²) in [5.41, 5.74) is 7.85. The molecule has 0 aromatic heterocycles. The molecular weight excluding hydrogens is 484 g/mol. The molecule has 4 N–H and O–H groups in total. The summed E-state index contributed by atoms with van der Waals surface area (Å²) in [5.74, 6) is 0.125. The van der Waals surface area contributed by atoms with E-state index in [0.29, 0.717) is 32.6 Å². The zero-order chi connectivity index (χ0) is 27.0. The molecule has 39 heavy (non-hydrogen) atoms. The van der Waals surface area contributed by atoms with Gasteiger partial charge in [-0.05, 0) is 64.5 Å². The molecule has 0 spiro atoms. The number of rotatable bonds is 10. The molecule has 4 aromatic rings. The number of hydrogen-bond acceptors (Lipinski definition) is 4. The van der Waals surface area contributed by atoms with Gasteiger partial charge in [0, 0.05) is 25.7 Å². The number of carbonyl (C=O) groups excluding carboxylic acids is 2. The molecule has 1 aliphatic heterocycles. The van der Waals surface area contributed by atoms with E-state index < -0.39 is 0 Å². The Morgan fingerprint density at radius 2 is 1.51 bits per heavy atom. The Morgan fingerprint density at radius 1 is 0.872 bits per heavy atom. The van der Waals surface area contributed by atoms with Gasteiger partial charge in [-0.2, -0.15) is 0 Å². The van der Waals surface area contributed by atoms with Crippen molar-refractivity contribution in [1.29, 1.82) is 0 Å². The van der Waals surface area contributed by atoms with Crippen LogP contribution in [0.15, 0.2) is 84.9 Å². The molecule has 1 fully saturated rings. The van der Waals surface area contributed by atoms with Crippen molar-refractivity contribution in [3.63, 3.8) is 0 Å². The van der Waals surface area contributed by atoms with Gasteiger partial charge in [0.1, 0.15) is 0 Å². The Morgan fingerprint density at radius 3 is 2.21 bits per heavy atom. The first-order valence-electron chi connectivity index (χ1n) is 14.1. The van der Waals surface area contributed by atoms with Gasteiger partial charge in [-0.1, -0.05) is 85.3 Å². The van der Waals surface area contributed by atoms with Gasteiger partial charge >= 0.3 is 0 Å². The van der Waals surface area contributed by atoms with Gasteiger partial charge in [-0.3, -0.25) is 9.59 Å². The van der Waals surface area contributed by atoms with Crippen molar-refractivity contribution in [2.75, 3.05) is 19.6 Å². The number of unbranched alkanes of at least 4 members (excludes halogenated alkanes) is 1. The van der Waals surface area contributed by atoms with Crippen molar-refractivity contribution in [2.24, 2.45) is 5.73 Å². The highest BCUT2D eigenvalue weighted by atomic mass is 16.2. The lowest BCUT2D eigenvalue weighted by Gasteiger charge is -2.25. The first kappa shape index (κ1) is 26.9. The van der Waals surface area contributed by atoms with Crippen LogP contribution in [0.4, 0.5) is 0 Å². The molecule has 1 heterocycles. The standard InChI is InChI=1S/C33H38N4O2/c34-17-6-5-11-31-33(39)37(23-25-13-15-27-8-2-4-10-29(27)20-25)18-16-30(36-31)22-35-32(38)21-24-12-14-26-7-1-3-9-28(26)19-24/h1-4,7-10,12-15,19-20,30-31,36H,5-6,11,16-18,21-23,34H2,(H,35,38)/t30-,31+/m1/s1. The van der Waals surface area contributed by atoms with E-state index in [-0.39, 0.29) is 23.9 Å². The van der Waals surface area contributed by atoms with Crippen molar-refractivity contribution in [1.82, 2.24) is 15.5 Å². The van der Waals surface area contributed by atoms with Crippen LogP contribution in [0, 0.1) is 0 Å². The van der Waals surface area contributed by atoms with Gasteiger partial charge in [0.05, 0.1) is 12.5 Å². The second-order valence-electron chi connectivity index (χ2n) is 10.6. The minimum atomic E-state index is -0.276. The largest absolute Gasteiger partial charge is 0.354 e. The van der Waals surface area contributed by atoms with Gasteiger partial charge in [-0.15, -0.1) is 0 Å². The first-order chi connectivity index (χ1) is 19.1. The van der Waals surface area contributed by atoms with E-state index >= 15 is 0 Å². The van der Waals surface area contributed by atoms with E-state index in [2.05, 4.69) is 65.2 Å². The maximum atomic E-state index is 13.6. The van der Waals surface area contributed by atoms with Crippen LogP contribution in [0.1, 0.15) is 36.8 Å². The Hall–Kier alpha value is -3.74. The molecular formula is C33H38N4O2. The highest BCUT2D eigenvalue weighted by molar-refractivity contribution is 5.86. The van der Waals surface area contributed by atoms with Gasteiger partial charge in [0.2, 0.25) is 11.8 Å². The molecule has 2 amide bonds.